The van der Waals surface area contributed by atoms with Gasteiger partial charge in [0.1, 0.15) is 11.6 Å². The summed E-state index contributed by atoms with van der Waals surface area (Å²) in [6, 6.07) is 4.98. The number of nitrogens with one attached hydrogen (secondary N) is 2. The number of piperidine rings is 1. The van der Waals surface area contributed by atoms with Crippen LogP contribution in [0.25, 0.3) is 10.9 Å². The molecule has 3 unspecified atom stereocenters. The van der Waals surface area contributed by atoms with Gasteiger partial charge in [0, 0.05) is 36.1 Å². The molecule has 1 amide bonds. The highest BCUT2D eigenvalue weighted by atomic mass is 16.6. The minimum atomic E-state index is -0.552. The van der Waals surface area contributed by atoms with Gasteiger partial charge in [0.15, 0.2) is 0 Å². The van der Waals surface area contributed by atoms with E-state index in [1.807, 2.05) is 26.8 Å². The Labute approximate surface area is 163 Å². The van der Waals surface area contributed by atoms with E-state index in [0.29, 0.717) is 24.3 Å². The second-order valence-electron chi connectivity index (χ2n) is 8.46. The van der Waals surface area contributed by atoms with Crippen molar-refractivity contribution in [3.8, 4) is 0 Å². The lowest BCUT2D eigenvalue weighted by Gasteiger charge is -2.36. The molecule has 0 aliphatic carbocycles. The van der Waals surface area contributed by atoms with Crippen LogP contribution in [0.1, 0.15) is 32.0 Å². The van der Waals surface area contributed by atoms with Crippen molar-refractivity contribution in [1.82, 2.24) is 25.5 Å². The van der Waals surface area contributed by atoms with Crippen LogP contribution in [-0.2, 0) is 4.74 Å². The molecule has 2 aliphatic rings. The van der Waals surface area contributed by atoms with E-state index in [1.165, 1.54) is 4.68 Å². The van der Waals surface area contributed by atoms with Gasteiger partial charge in [-0.3, -0.25) is 10.2 Å². The van der Waals surface area contributed by atoms with Gasteiger partial charge >= 0.3 is 6.09 Å². The summed E-state index contributed by atoms with van der Waals surface area (Å²) in [4.78, 5) is 27.4. The number of nitrogens with two attached hydrogens (primary N) is 1. The Kier molecular flexibility index (Phi) is 4.51. The highest BCUT2D eigenvalue weighted by Gasteiger charge is 2.45. The SMILES string of the molecule is CC(C)(C)OC(=O)N1CCC2NNC(C(=O)n3ncc4ccc(N)cc43)C2C1. The number of nitrogens with zero attached hydrogens (tertiary/aromatic N) is 3. The number of ether oxygens (including phenoxy) is 1. The zero-order valence-corrected chi connectivity index (χ0v) is 16.3. The summed E-state index contributed by atoms with van der Waals surface area (Å²) < 4.78 is 6.88. The molecule has 4 rings (SSSR count). The van der Waals surface area contributed by atoms with Gasteiger partial charge in [0.2, 0.25) is 0 Å². The Morgan fingerprint density at radius 2 is 2.07 bits per heavy atom. The van der Waals surface area contributed by atoms with Crippen molar-refractivity contribution in [3.63, 3.8) is 0 Å². The molecule has 28 heavy (non-hydrogen) atoms. The summed E-state index contributed by atoms with van der Waals surface area (Å²) in [6.07, 6.45) is 2.05. The van der Waals surface area contributed by atoms with E-state index in [4.69, 9.17) is 10.5 Å². The Morgan fingerprint density at radius 1 is 1.29 bits per heavy atom. The number of hydrogen-bond donors (Lipinski definition) is 3. The predicted octanol–water partition coefficient (Wildman–Crippen LogP) is 1.36. The van der Waals surface area contributed by atoms with Crippen LogP contribution in [0.4, 0.5) is 10.5 Å². The lowest BCUT2D eigenvalue weighted by atomic mass is 9.88. The highest BCUT2D eigenvalue weighted by Crippen LogP contribution is 2.27. The standard InChI is InChI=1S/C19H26N6O3/c1-19(2,3)28-18(27)24-7-6-14-13(10-24)16(23-22-14)17(26)25-15-8-12(20)5-4-11(15)9-21-25/h4-5,8-9,13-14,16,22-23H,6-7,10,20H2,1-3H3. The van der Waals surface area contributed by atoms with Crippen LogP contribution >= 0.6 is 0 Å². The second-order valence-corrected chi connectivity index (χ2v) is 8.46. The molecule has 3 heterocycles. The van der Waals surface area contributed by atoms with Gasteiger partial charge in [-0.25, -0.2) is 10.2 Å². The van der Waals surface area contributed by atoms with E-state index in [0.717, 1.165) is 11.8 Å². The topological polar surface area (TPSA) is 115 Å². The van der Waals surface area contributed by atoms with Gasteiger partial charge in [-0.15, -0.1) is 0 Å². The first kappa shape index (κ1) is 18.7. The van der Waals surface area contributed by atoms with Crippen molar-refractivity contribution in [3.05, 3.63) is 24.4 Å². The van der Waals surface area contributed by atoms with Gasteiger partial charge in [-0.05, 0) is 45.4 Å². The number of rotatable bonds is 1. The summed E-state index contributed by atoms with van der Waals surface area (Å²) in [7, 11) is 0. The van der Waals surface area contributed by atoms with Crippen molar-refractivity contribution >= 4 is 28.6 Å². The molecule has 150 valence electrons. The lowest BCUT2D eigenvalue weighted by molar-refractivity contribution is 0.0145. The molecule has 0 bridgehead atoms. The van der Waals surface area contributed by atoms with Crippen LogP contribution in [0.3, 0.4) is 0 Å². The van der Waals surface area contributed by atoms with Gasteiger partial charge in [-0.1, -0.05) is 0 Å². The molecule has 0 spiro atoms. The summed E-state index contributed by atoms with van der Waals surface area (Å²) in [5, 5.41) is 5.11. The molecule has 4 N–H and O–H groups in total. The molecule has 2 fully saturated rings. The first-order valence-electron chi connectivity index (χ1n) is 9.49. The number of fused-ring (bicyclic) bond motifs is 2. The smallest absolute Gasteiger partial charge is 0.410 e. The van der Waals surface area contributed by atoms with Crippen LogP contribution in [0.2, 0.25) is 0 Å². The largest absolute Gasteiger partial charge is 0.444 e. The molecule has 2 aromatic rings. The Hall–Kier alpha value is -2.65. The Morgan fingerprint density at radius 3 is 2.82 bits per heavy atom. The minimum Gasteiger partial charge on any atom is -0.444 e. The van der Waals surface area contributed by atoms with Crippen molar-refractivity contribution in [2.75, 3.05) is 18.8 Å². The number of benzene rings is 1. The lowest BCUT2D eigenvalue weighted by Crippen LogP contribution is -2.51. The number of anilines is 1. The van der Waals surface area contributed by atoms with Crippen LogP contribution in [0.15, 0.2) is 24.4 Å². The van der Waals surface area contributed by atoms with Crippen molar-refractivity contribution in [1.29, 1.82) is 0 Å². The fourth-order valence-corrected chi connectivity index (χ4v) is 3.88. The van der Waals surface area contributed by atoms with E-state index in [9.17, 15) is 9.59 Å². The van der Waals surface area contributed by atoms with E-state index in [1.54, 1.807) is 23.2 Å². The van der Waals surface area contributed by atoms with Crippen molar-refractivity contribution in [2.45, 2.75) is 44.9 Å². The molecule has 9 heteroatoms. The van der Waals surface area contributed by atoms with E-state index < -0.39 is 11.6 Å². The summed E-state index contributed by atoms with van der Waals surface area (Å²) in [5.41, 5.74) is 12.9. The number of nitrogen functional groups attached to an aromatic ring is 1. The number of amides is 1. The maximum Gasteiger partial charge on any atom is 0.410 e. The molecule has 2 saturated heterocycles. The van der Waals surface area contributed by atoms with Crippen LogP contribution in [0.5, 0.6) is 0 Å². The zero-order chi connectivity index (χ0) is 20.1. The summed E-state index contributed by atoms with van der Waals surface area (Å²) in [5.74, 6) is -0.249. The third-order valence-corrected chi connectivity index (χ3v) is 5.23. The fraction of sp³-hybridized carbons (Fsp3) is 0.526. The highest BCUT2D eigenvalue weighted by molar-refractivity contribution is 5.94. The molecule has 0 saturated carbocycles. The number of carbonyl (C=O) groups is 2. The van der Waals surface area contributed by atoms with E-state index >= 15 is 0 Å². The average molecular weight is 386 g/mol. The minimum absolute atomic E-state index is 0.0749. The summed E-state index contributed by atoms with van der Waals surface area (Å²) in [6.45, 7) is 6.57. The average Bonchev–Trinajstić information content (AvgIpc) is 3.22. The number of likely N-dealkylation sites (tertiary alicyclic amines) is 1. The molecule has 2 aliphatic heterocycles. The first-order valence-corrected chi connectivity index (χ1v) is 9.49. The van der Waals surface area contributed by atoms with Gasteiger partial charge in [0.05, 0.1) is 11.7 Å². The fourth-order valence-electron chi connectivity index (χ4n) is 3.88. The van der Waals surface area contributed by atoms with Gasteiger partial charge in [0.25, 0.3) is 5.91 Å². The number of aromatic nitrogens is 2. The zero-order valence-electron chi connectivity index (χ0n) is 16.3. The molecule has 9 nitrogen and oxygen atoms in total. The molecule has 0 radical (unpaired) electrons. The summed E-state index contributed by atoms with van der Waals surface area (Å²) >= 11 is 0. The third-order valence-electron chi connectivity index (χ3n) is 5.23. The first-order chi connectivity index (χ1) is 13.2. The number of hydrogen-bond acceptors (Lipinski definition) is 7. The Bertz CT molecular complexity index is 918. The normalized spacial score (nSPS) is 25.0. The maximum absolute atomic E-state index is 13.2. The van der Waals surface area contributed by atoms with Gasteiger partial charge < -0.3 is 15.4 Å². The number of hydrazine groups is 1. The predicted molar refractivity (Wildman–Crippen MR) is 105 cm³/mol. The monoisotopic (exact) mass is 386 g/mol. The van der Waals surface area contributed by atoms with Gasteiger partial charge in [-0.2, -0.15) is 9.78 Å². The van der Waals surface area contributed by atoms with Crippen LogP contribution in [-0.4, -0.2) is 57.5 Å². The van der Waals surface area contributed by atoms with Crippen molar-refractivity contribution < 1.29 is 14.3 Å². The molecular formula is C19H26N6O3. The Balaban J connectivity index is 1.54. The second kappa shape index (κ2) is 6.75. The number of carbonyl (C=O) groups excluding carboxylic acids is 2. The van der Waals surface area contributed by atoms with Crippen LogP contribution < -0.4 is 16.6 Å². The van der Waals surface area contributed by atoms with Crippen LogP contribution in [0, 0.1) is 5.92 Å². The maximum atomic E-state index is 13.2. The molecule has 3 atom stereocenters. The van der Waals surface area contributed by atoms with E-state index in [2.05, 4.69) is 16.0 Å². The third kappa shape index (κ3) is 3.43. The molecule has 1 aromatic heterocycles. The van der Waals surface area contributed by atoms with E-state index in [-0.39, 0.29) is 24.0 Å². The van der Waals surface area contributed by atoms with Crippen molar-refractivity contribution in [2.24, 2.45) is 5.92 Å². The molecular weight excluding hydrogens is 360 g/mol. The quantitative estimate of drug-likeness (QED) is 0.634. The molecule has 1 aromatic carbocycles.